The van der Waals surface area contributed by atoms with Gasteiger partial charge in [0.25, 0.3) is 0 Å². The molecule has 2 aromatic rings. The zero-order valence-corrected chi connectivity index (χ0v) is 11.1. The largest absolute Gasteiger partial charge is 0.478 e. The fourth-order valence-electron chi connectivity index (χ4n) is 1.39. The Labute approximate surface area is 117 Å². The minimum Gasteiger partial charge on any atom is -0.478 e. The van der Waals surface area contributed by atoms with Gasteiger partial charge in [-0.1, -0.05) is 0 Å². The van der Waals surface area contributed by atoms with Gasteiger partial charge in [-0.3, -0.25) is 0 Å². The van der Waals surface area contributed by atoms with Crippen molar-refractivity contribution in [2.24, 2.45) is 0 Å². The minimum absolute atomic E-state index is 0.0978. The maximum absolute atomic E-state index is 10.9. The number of pyridine rings is 1. The van der Waals surface area contributed by atoms with E-state index >= 15 is 0 Å². The SMILES string of the molecule is N#Cc1ncccc1Oc1cc(C(=O)O)ccc1Br. The first-order chi connectivity index (χ1) is 9.11. The van der Waals surface area contributed by atoms with Gasteiger partial charge in [0.05, 0.1) is 10.0 Å². The summed E-state index contributed by atoms with van der Waals surface area (Å²) in [5.41, 5.74) is 0.232. The first-order valence-corrected chi connectivity index (χ1v) is 5.97. The van der Waals surface area contributed by atoms with Crippen molar-refractivity contribution in [3.63, 3.8) is 0 Å². The summed E-state index contributed by atoms with van der Waals surface area (Å²) in [6.07, 6.45) is 1.48. The number of nitriles is 1. The lowest BCUT2D eigenvalue weighted by Gasteiger charge is -2.09. The van der Waals surface area contributed by atoms with Gasteiger partial charge in [-0.15, -0.1) is 0 Å². The van der Waals surface area contributed by atoms with Crippen LogP contribution < -0.4 is 4.74 Å². The van der Waals surface area contributed by atoms with E-state index in [0.29, 0.717) is 10.2 Å². The lowest BCUT2D eigenvalue weighted by atomic mass is 10.2. The van der Waals surface area contributed by atoms with Crippen LogP contribution in [-0.2, 0) is 0 Å². The Morgan fingerprint density at radius 3 is 2.84 bits per heavy atom. The predicted octanol–water partition coefficient (Wildman–Crippen LogP) is 3.21. The van der Waals surface area contributed by atoms with Crippen LogP contribution in [0.25, 0.3) is 0 Å². The summed E-state index contributed by atoms with van der Waals surface area (Å²) >= 11 is 3.26. The van der Waals surface area contributed by atoms with Crippen LogP contribution in [0.15, 0.2) is 41.0 Å². The second-order valence-electron chi connectivity index (χ2n) is 3.51. The highest BCUT2D eigenvalue weighted by Crippen LogP contribution is 2.31. The van der Waals surface area contributed by atoms with Gasteiger partial charge in [0, 0.05) is 6.20 Å². The summed E-state index contributed by atoms with van der Waals surface area (Å²) < 4.78 is 6.11. The summed E-state index contributed by atoms with van der Waals surface area (Å²) in [6.45, 7) is 0. The Bertz CT molecular complexity index is 680. The molecule has 0 saturated heterocycles. The fraction of sp³-hybridized carbons (Fsp3) is 0. The van der Waals surface area contributed by atoms with E-state index in [4.69, 9.17) is 15.1 Å². The number of aromatic carboxylic acids is 1. The maximum Gasteiger partial charge on any atom is 0.335 e. The number of carbonyl (C=O) groups is 1. The van der Waals surface area contributed by atoms with Crippen LogP contribution in [0, 0.1) is 11.3 Å². The number of benzene rings is 1. The van der Waals surface area contributed by atoms with Crippen LogP contribution in [0.5, 0.6) is 11.5 Å². The van der Waals surface area contributed by atoms with E-state index in [2.05, 4.69) is 20.9 Å². The zero-order valence-electron chi connectivity index (χ0n) is 9.50. The molecule has 1 aromatic carbocycles. The monoisotopic (exact) mass is 318 g/mol. The second kappa shape index (κ2) is 5.50. The third kappa shape index (κ3) is 2.89. The Morgan fingerprint density at radius 1 is 1.37 bits per heavy atom. The van der Waals surface area contributed by atoms with E-state index in [1.54, 1.807) is 18.2 Å². The Kier molecular flexibility index (Phi) is 3.78. The molecule has 5 nitrogen and oxygen atoms in total. The third-order valence-electron chi connectivity index (χ3n) is 2.27. The van der Waals surface area contributed by atoms with Gasteiger partial charge in [0.15, 0.2) is 11.4 Å². The van der Waals surface area contributed by atoms with Crippen molar-refractivity contribution in [2.75, 3.05) is 0 Å². The maximum atomic E-state index is 10.9. The topological polar surface area (TPSA) is 83.2 Å². The summed E-state index contributed by atoms with van der Waals surface area (Å²) in [7, 11) is 0. The molecule has 0 atom stereocenters. The molecular formula is C13H7BrN2O3. The van der Waals surface area contributed by atoms with Gasteiger partial charge in [-0.05, 0) is 46.3 Å². The Hall–Kier alpha value is -2.39. The molecule has 0 spiro atoms. The number of hydrogen-bond acceptors (Lipinski definition) is 4. The molecule has 0 radical (unpaired) electrons. The molecule has 0 aliphatic rings. The van der Waals surface area contributed by atoms with Crippen LogP contribution in [0.4, 0.5) is 0 Å². The quantitative estimate of drug-likeness (QED) is 0.939. The molecule has 1 heterocycles. The molecule has 0 bridgehead atoms. The van der Waals surface area contributed by atoms with Gasteiger partial charge in [0.1, 0.15) is 11.8 Å². The Balaban J connectivity index is 2.41. The predicted molar refractivity (Wildman–Crippen MR) is 70.1 cm³/mol. The lowest BCUT2D eigenvalue weighted by Crippen LogP contribution is -1.97. The van der Waals surface area contributed by atoms with Crippen LogP contribution in [0.2, 0.25) is 0 Å². The van der Waals surface area contributed by atoms with E-state index in [0.717, 1.165) is 0 Å². The third-order valence-corrected chi connectivity index (χ3v) is 2.93. The molecule has 1 aromatic heterocycles. The number of aromatic nitrogens is 1. The summed E-state index contributed by atoms with van der Waals surface area (Å²) in [5, 5.41) is 17.8. The number of halogens is 1. The van der Waals surface area contributed by atoms with Crippen molar-refractivity contribution in [1.29, 1.82) is 5.26 Å². The zero-order chi connectivity index (χ0) is 13.8. The van der Waals surface area contributed by atoms with Gasteiger partial charge in [-0.2, -0.15) is 5.26 Å². The van der Waals surface area contributed by atoms with Crippen molar-refractivity contribution in [3.05, 3.63) is 52.3 Å². The van der Waals surface area contributed by atoms with Crippen molar-refractivity contribution in [1.82, 2.24) is 4.98 Å². The number of carboxylic acid groups (broad SMARTS) is 1. The van der Waals surface area contributed by atoms with E-state index < -0.39 is 5.97 Å². The fourth-order valence-corrected chi connectivity index (χ4v) is 1.72. The minimum atomic E-state index is -1.05. The summed E-state index contributed by atoms with van der Waals surface area (Å²) in [5.74, 6) is -0.471. The molecule has 0 aliphatic carbocycles. The van der Waals surface area contributed by atoms with Crippen LogP contribution in [-0.4, -0.2) is 16.1 Å². The molecule has 0 fully saturated rings. The number of nitrogens with zero attached hydrogens (tertiary/aromatic N) is 2. The van der Waals surface area contributed by atoms with E-state index in [1.165, 1.54) is 18.3 Å². The molecule has 0 saturated carbocycles. The Morgan fingerprint density at radius 2 is 2.16 bits per heavy atom. The van der Waals surface area contributed by atoms with Gasteiger partial charge in [0.2, 0.25) is 0 Å². The summed E-state index contributed by atoms with van der Waals surface area (Å²) in [6, 6.07) is 9.52. The van der Waals surface area contributed by atoms with Crippen LogP contribution in [0.3, 0.4) is 0 Å². The average molecular weight is 319 g/mol. The number of rotatable bonds is 3. The smallest absolute Gasteiger partial charge is 0.335 e. The number of ether oxygens (including phenoxy) is 1. The molecule has 1 N–H and O–H groups in total. The average Bonchev–Trinajstić information content (AvgIpc) is 2.41. The highest BCUT2D eigenvalue weighted by molar-refractivity contribution is 9.10. The normalized spacial score (nSPS) is 9.68. The molecule has 19 heavy (non-hydrogen) atoms. The molecule has 0 unspecified atom stereocenters. The van der Waals surface area contributed by atoms with Crippen LogP contribution in [0.1, 0.15) is 16.1 Å². The van der Waals surface area contributed by atoms with Gasteiger partial charge in [-0.25, -0.2) is 9.78 Å². The van der Waals surface area contributed by atoms with Crippen LogP contribution >= 0.6 is 15.9 Å². The highest BCUT2D eigenvalue weighted by Gasteiger charge is 2.11. The first kappa shape index (κ1) is 13.1. The molecular weight excluding hydrogens is 312 g/mol. The van der Waals surface area contributed by atoms with E-state index in [-0.39, 0.29) is 17.0 Å². The molecule has 0 amide bonds. The molecule has 6 heteroatoms. The van der Waals surface area contributed by atoms with Crippen molar-refractivity contribution in [2.45, 2.75) is 0 Å². The number of hydrogen-bond donors (Lipinski definition) is 1. The first-order valence-electron chi connectivity index (χ1n) is 5.17. The van der Waals surface area contributed by atoms with Gasteiger partial charge < -0.3 is 9.84 Å². The molecule has 94 valence electrons. The summed E-state index contributed by atoms with van der Waals surface area (Å²) in [4.78, 5) is 14.8. The standard InChI is InChI=1S/C13H7BrN2O3/c14-9-4-3-8(13(17)18)6-12(9)19-11-2-1-5-16-10(11)7-15/h1-6H,(H,17,18). The molecule has 2 rings (SSSR count). The highest BCUT2D eigenvalue weighted by atomic mass is 79.9. The van der Waals surface area contributed by atoms with E-state index in [1.807, 2.05) is 6.07 Å². The number of carboxylic acids is 1. The molecule has 0 aliphatic heterocycles. The van der Waals surface area contributed by atoms with Crippen molar-refractivity contribution < 1.29 is 14.6 Å². The van der Waals surface area contributed by atoms with Crippen molar-refractivity contribution >= 4 is 21.9 Å². The van der Waals surface area contributed by atoms with E-state index in [9.17, 15) is 4.79 Å². The van der Waals surface area contributed by atoms with Gasteiger partial charge >= 0.3 is 5.97 Å². The second-order valence-corrected chi connectivity index (χ2v) is 4.37. The lowest BCUT2D eigenvalue weighted by molar-refractivity contribution is 0.0696. The van der Waals surface area contributed by atoms with Crippen molar-refractivity contribution in [3.8, 4) is 17.6 Å².